The SMILES string of the molecule is Cn1nc2c(cc1=O)CC(C(=O)NCc1cnccn1)CC2. The van der Waals surface area contributed by atoms with E-state index in [0.29, 0.717) is 19.4 Å². The lowest BCUT2D eigenvalue weighted by Gasteiger charge is -2.23. The van der Waals surface area contributed by atoms with Gasteiger partial charge in [-0.1, -0.05) is 0 Å². The number of aryl methyl sites for hydroxylation is 2. The van der Waals surface area contributed by atoms with Crippen molar-refractivity contribution in [2.75, 3.05) is 0 Å². The number of rotatable bonds is 3. The maximum absolute atomic E-state index is 12.3. The lowest BCUT2D eigenvalue weighted by Crippen LogP contribution is -2.35. The average Bonchev–Trinajstić information content (AvgIpc) is 2.54. The molecule has 1 amide bonds. The summed E-state index contributed by atoms with van der Waals surface area (Å²) in [7, 11) is 1.64. The van der Waals surface area contributed by atoms with Gasteiger partial charge < -0.3 is 5.32 Å². The van der Waals surface area contributed by atoms with Crippen LogP contribution in [0.3, 0.4) is 0 Å². The zero-order valence-electron chi connectivity index (χ0n) is 12.3. The van der Waals surface area contributed by atoms with Crippen molar-refractivity contribution in [3.63, 3.8) is 0 Å². The Hall–Kier alpha value is -2.57. The van der Waals surface area contributed by atoms with E-state index in [4.69, 9.17) is 0 Å². The molecule has 114 valence electrons. The van der Waals surface area contributed by atoms with E-state index in [1.807, 2.05) is 0 Å². The second-order valence-electron chi connectivity index (χ2n) is 5.43. The highest BCUT2D eigenvalue weighted by molar-refractivity contribution is 5.79. The zero-order chi connectivity index (χ0) is 15.5. The molecule has 0 fully saturated rings. The van der Waals surface area contributed by atoms with Crippen LogP contribution in [0.4, 0.5) is 0 Å². The van der Waals surface area contributed by atoms with E-state index >= 15 is 0 Å². The van der Waals surface area contributed by atoms with E-state index in [0.717, 1.165) is 23.4 Å². The Morgan fingerprint density at radius 1 is 1.45 bits per heavy atom. The largest absolute Gasteiger partial charge is 0.350 e. The predicted octanol–water partition coefficient (Wildman–Crippen LogP) is -0.00840. The third kappa shape index (κ3) is 3.03. The van der Waals surface area contributed by atoms with E-state index in [1.165, 1.54) is 4.68 Å². The van der Waals surface area contributed by atoms with Gasteiger partial charge in [0.2, 0.25) is 5.91 Å². The number of hydrogen-bond donors (Lipinski definition) is 1. The predicted molar refractivity (Wildman–Crippen MR) is 78.9 cm³/mol. The standard InChI is InChI=1S/C15H17N5O2/c1-20-14(21)7-11-6-10(2-3-13(11)19-20)15(22)18-9-12-8-16-4-5-17-12/h4-5,7-8,10H,2-3,6,9H2,1H3,(H,18,22). The Labute approximate surface area is 127 Å². The van der Waals surface area contributed by atoms with Crippen LogP contribution in [-0.4, -0.2) is 25.7 Å². The molecule has 0 spiro atoms. The van der Waals surface area contributed by atoms with Crippen LogP contribution in [0.25, 0.3) is 0 Å². The Morgan fingerprint density at radius 3 is 3.09 bits per heavy atom. The Balaban J connectivity index is 1.65. The molecule has 0 bridgehead atoms. The first-order valence-electron chi connectivity index (χ1n) is 7.22. The Morgan fingerprint density at radius 2 is 2.32 bits per heavy atom. The van der Waals surface area contributed by atoms with Gasteiger partial charge in [-0.3, -0.25) is 19.6 Å². The molecule has 2 heterocycles. The van der Waals surface area contributed by atoms with Crippen molar-refractivity contribution in [3.8, 4) is 0 Å². The number of fused-ring (bicyclic) bond motifs is 1. The molecule has 2 aromatic heterocycles. The maximum atomic E-state index is 12.3. The van der Waals surface area contributed by atoms with Gasteiger partial charge in [-0.15, -0.1) is 0 Å². The quantitative estimate of drug-likeness (QED) is 0.861. The van der Waals surface area contributed by atoms with Crippen LogP contribution in [0.1, 0.15) is 23.4 Å². The van der Waals surface area contributed by atoms with Gasteiger partial charge in [0, 0.05) is 31.4 Å². The van der Waals surface area contributed by atoms with Gasteiger partial charge in [0.05, 0.1) is 24.1 Å². The summed E-state index contributed by atoms with van der Waals surface area (Å²) in [6.45, 7) is 0.366. The minimum atomic E-state index is -0.139. The molecule has 7 nitrogen and oxygen atoms in total. The monoisotopic (exact) mass is 299 g/mol. The van der Waals surface area contributed by atoms with Crippen LogP contribution < -0.4 is 10.9 Å². The van der Waals surface area contributed by atoms with Crippen LogP contribution in [0.15, 0.2) is 29.5 Å². The van der Waals surface area contributed by atoms with Crippen molar-refractivity contribution in [2.45, 2.75) is 25.8 Å². The number of nitrogens with zero attached hydrogens (tertiary/aromatic N) is 4. The average molecular weight is 299 g/mol. The highest BCUT2D eigenvalue weighted by atomic mass is 16.2. The molecule has 1 aliphatic rings. The highest BCUT2D eigenvalue weighted by Gasteiger charge is 2.26. The summed E-state index contributed by atoms with van der Waals surface area (Å²) in [4.78, 5) is 32.0. The molecule has 3 rings (SSSR count). The summed E-state index contributed by atoms with van der Waals surface area (Å²) in [6, 6.07) is 1.59. The van der Waals surface area contributed by atoms with E-state index in [2.05, 4.69) is 20.4 Å². The fourth-order valence-corrected chi connectivity index (χ4v) is 2.65. The maximum Gasteiger partial charge on any atom is 0.266 e. The normalized spacial score (nSPS) is 16.9. The fourth-order valence-electron chi connectivity index (χ4n) is 2.65. The van der Waals surface area contributed by atoms with Gasteiger partial charge in [-0.2, -0.15) is 5.10 Å². The first-order chi connectivity index (χ1) is 10.6. The Kier molecular flexibility index (Phi) is 3.95. The van der Waals surface area contributed by atoms with Crippen LogP contribution in [0.2, 0.25) is 0 Å². The first-order valence-corrected chi connectivity index (χ1v) is 7.22. The van der Waals surface area contributed by atoms with Gasteiger partial charge in [-0.05, 0) is 24.8 Å². The van der Waals surface area contributed by atoms with E-state index in [9.17, 15) is 9.59 Å². The summed E-state index contributed by atoms with van der Waals surface area (Å²) in [5.41, 5.74) is 2.39. The first kappa shape index (κ1) is 14.4. The lowest BCUT2D eigenvalue weighted by molar-refractivity contribution is -0.125. The number of aromatic nitrogens is 4. The molecule has 0 saturated heterocycles. The minimum Gasteiger partial charge on any atom is -0.350 e. The third-order valence-electron chi connectivity index (χ3n) is 3.89. The number of nitrogens with one attached hydrogen (secondary N) is 1. The summed E-state index contributed by atoms with van der Waals surface area (Å²) in [6.07, 6.45) is 6.84. The lowest BCUT2D eigenvalue weighted by atomic mass is 9.86. The van der Waals surface area contributed by atoms with Crippen LogP contribution in [-0.2, 0) is 31.2 Å². The molecule has 7 heteroatoms. The molecule has 0 saturated carbocycles. The van der Waals surface area contributed by atoms with Crippen molar-refractivity contribution < 1.29 is 4.79 Å². The van der Waals surface area contributed by atoms with Crippen LogP contribution >= 0.6 is 0 Å². The van der Waals surface area contributed by atoms with Crippen LogP contribution in [0, 0.1) is 5.92 Å². The fraction of sp³-hybridized carbons (Fsp3) is 0.400. The number of amides is 1. The summed E-state index contributed by atoms with van der Waals surface area (Å²) in [5.74, 6) is -0.143. The number of carbonyl (C=O) groups is 1. The molecule has 0 aromatic carbocycles. The molecule has 22 heavy (non-hydrogen) atoms. The van der Waals surface area contributed by atoms with Gasteiger partial charge in [-0.25, -0.2) is 4.68 Å². The smallest absolute Gasteiger partial charge is 0.266 e. The number of hydrogen-bond acceptors (Lipinski definition) is 5. The Bertz CT molecular complexity index is 741. The van der Waals surface area contributed by atoms with Crippen molar-refractivity contribution >= 4 is 5.91 Å². The molecule has 1 unspecified atom stereocenters. The van der Waals surface area contributed by atoms with Gasteiger partial charge in [0.25, 0.3) is 5.56 Å². The van der Waals surface area contributed by atoms with Gasteiger partial charge in [0.15, 0.2) is 0 Å². The molecule has 0 aliphatic heterocycles. The van der Waals surface area contributed by atoms with Crippen LogP contribution in [0.5, 0.6) is 0 Å². The molecular formula is C15H17N5O2. The minimum absolute atomic E-state index is 0.0167. The molecule has 0 radical (unpaired) electrons. The third-order valence-corrected chi connectivity index (χ3v) is 3.89. The topological polar surface area (TPSA) is 89.8 Å². The van der Waals surface area contributed by atoms with E-state index in [1.54, 1.807) is 31.7 Å². The molecular weight excluding hydrogens is 282 g/mol. The number of carbonyl (C=O) groups excluding carboxylic acids is 1. The van der Waals surface area contributed by atoms with Crippen molar-refractivity contribution in [1.82, 2.24) is 25.1 Å². The van der Waals surface area contributed by atoms with Crippen molar-refractivity contribution in [1.29, 1.82) is 0 Å². The molecule has 1 atom stereocenters. The summed E-state index contributed by atoms with van der Waals surface area (Å²) in [5, 5.41) is 7.14. The molecule has 1 aliphatic carbocycles. The van der Waals surface area contributed by atoms with Gasteiger partial charge >= 0.3 is 0 Å². The summed E-state index contributed by atoms with van der Waals surface area (Å²) >= 11 is 0. The molecule has 2 aromatic rings. The van der Waals surface area contributed by atoms with E-state index < -0.39 is 0 Å². The molecule has 1 N–H and O–H groups in total. The second kappa shape index (κ2) is 6.05. The zero-order valence-corrected chi connectivity index (χ0v) is 12.3. The van der Waals surface area contributed by atoms with Gasteiger partial charge in [0.1, 0.15) is 0 Å². The highest BCUT2D eigenvalue weighted by Crippen LogP contribution is 2.23. The van der Waals surface area contributed by atoms with E-state index in [-0.39, 0.29) is 17.4 Å². The van der Waals surface area contributed by atoms with Crippen molar-refractivity contribution in [2.24, 2.45) is 13.0 Å². The van der Waals surface area contributed by atoms with Crippen molar-refractivity contribution in [3.05, 3.63) is 52.0 Å². The second-order valence-corrected chi connectivity index (χ2v) is 5.43. The summed E-state index contributed by atoms with van der Waals surface area (Å²) < 4.78 is 1.34.